The van der Waals surface area contributed by atoms with Crippen molar-refractivity contribution in [2.45, 2.75) is 83.1 Å². The highest BCUT2D eigenvalue weighted by molar-refractivity contribution is 5.95. The second-order valence-electron chi connectivity index (χ2n) is 14.0. The molecular weight excluding hydrogens is 704 g/mol. The zero-order chi connectivity index (χ0) is 39.3. The molecule has 0 aliphatic carbocycles. The average molecular weight is 757 g/mol. The number of carbonyl (C=O) groups is 5. The Kier molecular flexibility index (Phi) is 14.5. The predicted octanol–water partition coefficient (Wildman–Crippen LogP) is 3.23. The maximum atomic E-state index is 13.7. The van der Waals surface area contributed by atoms with Crippen molar-refractivity contribution in [1.82, 2.24) is 31.5 Å². The first kappa shape index (κ1) is 40.6. The Morgan fingerprint density at radius 2 is 1.64 bits per heavy atom. The van der Waals surface area contributed by atoms with E-state index in [1.165, 1.54) is 19.1 Å². The Bertz CT molecular complexity index is 1820. The third-order valence-corrected chi connectivity index (χ3v) is 9.79. The normalized spacial score (nSPS) is 21.9. The molecule has 0 saturated carbocycles. The molecule has 3 aromatic rings. The highest BCUT2D eigenvalue weighted by Crippen LogP contribution is 2.35. The van der Waals surface area contributed by atoms with E-state index < -0.39 is 35.8 Å². The zero-order valence-corrected chi connectivity index (χ0v) is 31.9. The molecule has 5 N–H and O–H groups in total. The summed E-state index contributed by atoms with van der Waals surface area (Å²) in [5.41, 5.74) is 2.00. The molecule has 1 saturated heterocycles. The number of nitrogens with one attached hydrogen (secondary N) is 5. The molecule has 4 atom stereocenters. The van der Waals surface area contributed by atoms with E-state index in [1.807, 2.05) is 37.3 Å². The van der Waals surface area contributed by atoms with Gasteiger partial charge in [0.15, 0.2) is 11.5 Å². The number of benzene rings is 3. The van der Waals surface area contributed by atoms with Crippen LogP contribution in [0.4, 0.5) is 0 Å². The minimum absolute atomic E-state index is 0.0914. The average Bonchev–Trinajstić information content (AvgIpc) is 3.63. The van der Waals surface area contributed by atoms with E-state index in [-0.39, 0.29) is 43.9 Å². The van der Waals surface area contributed by atoms with Crippen molar-refractivity contribution >= 4 is 29.5 Å². The Morgan fingerprint density at radius 3 is 2.36 bits per heavy atom. The number of hydrogen-bond acceptors (Lipinski definition) is 9. The number of rotatable bonds is 6. The molecule has 14 heteroatoms. The van der Waals surface area contributed by atoms with Gasteiger partial charge < -0.3 is 45.7 Å². The first-order chi connectivity index (χ1) is 26.5. The van der Waals surface area contributed by atoms with Gasteiger partial charge in [-0.3, -0.25) is 24.0 Å². The quantitative estimate of drug-likeness (QED) is 0.237. The smallest absolute Gasteiger partial charge is 0.251 e. The van der Waals surface area contributed by atoms with Gasteiger partial charge in [-0.15, -0.1) is 0 Å². The summed E-state index contributed by atoms with van der Waals surface area (Å²) in [5.74, 6) is -0.349. The Hall–Kier alpha value is -5.63. The molecule has 14 nitrogen and oxygen atoms in total. The van der Waals surface area contributed by atoms with Gasteiger partial charge in [0.25, 0.3) is 5.91 Å². The fraction of sp³-hybridized carbons (Fsp3) is 0.439. The van der Waals surface area contributed by atoms with Gasteiger partial charge in [0.05, 0.1) is 26.8 Å². The fourth-order valence-corrected chi connectivity index (χ4v) is 6.65. The summed E-state index contributed by atoms with van der Waals surface area (Å²) >= 11 is 0. The lowest BCUT2D eigenvalue weighted by atomic mass is 10.0. The van der Waals surface area contributed by atoms with E-state index in [0.717, 1.165) is 12.0 Å². The number of ether oxygens (including phenoxy) is 3. The van der Waals surface area contributed by atoms with Crippen LogP contribution in [0.5, 0.6) is 23.0 Å². The number of methoxy groups -OCH3 is 2. The number of nitrogens with zero attached hydrogens (tertiary/aromatic N) is 1. The molecule has 3 aliphatic heterocycles. The SMILES string of the molecule is COc1cc2ccc1CNC(=O)[C@H](C)NC(=O)[C@H](CCc1ccccc1)NC(=O)CN(C(=O)[C@@H]1CC[C@H](C)N1)CCCCNC(=O)c1ccc(OC)c(c1)O2. The Morgan fingerprint density at radius 1 is 0.855 bits per heavy atom. The van der Waals surface area contributed by atoms with Crippen LogP contribution in [0.25, 0.3) is 0 Å². The van der Waals surface area contributed by atoms with Crippen molar-refractivity contribution in [2.75, 3.05) is 33.9 Å². The molecule has 3 heterocycles. The number of carbonyl (C=O) groups excluding carboxylic acids is 5. The molecule has 0 aromatic heterocycles. The summed E-state index contributed by atoms with van der Waals surface area (Å²) in [5, 5.41) is 14.7. The van der Waals surface area contributed by atoms with Crippen LogP contribution in [-0.2, 0) is 32.1 Å². The van der Waals surface area contributed by atoms with E-state index >= 15 is 0 Å². The van der Waals surface area contributed by atoms with Gasteiger partial charge in [-0.2, -0.15) is 0 Å². The van der Waals surface area contributed by atoms with Crippen LogP contribution >= 0.6 is 0 Å². The molecule has 0 spiro atoms. The second-order valence-corrected chi connectivity index (χ2v) is 14.0. The number of aryl methyl sites for hydroxylation is 1. The van der Waals surface area contributed by atoms with Crippen molar-refractivity contribution in [3.8, 4) is 23.0 Å². The molecule has 0 radical (unpaired) electrons. The van der Waals surface area contributed by atoms with Crippen molar-refractivity contribution in [2.24, 2.45) is 0 Å². The first-order valence-corrected chi connectivity index (χ1v) is 18.8. The van der Waals surface area contributed by atoms with Gasteiger partial charge in [0, 0.05) is 42.9 Å². The third-order valence-electron chi connectivity index (χ3n) is 9.79. The predicted molar refractivity (Wildman–Crippen MR) is 206 cm³/mol. The first-order valence-electron chi connectivity index (χ1n) is 18.8. The maximum Gasteiger partial charge on any atom is 0.251 e. The van der Waals surface area contributed by atoms with Crippen LogP contribution in [-0.4, -0.2) is 92.5 Å². The van der Waals surface area contributed by atoms with Crippen LogP contribution in [0.2, 0.25) is 0 Å². The van der Waals surface area contributed by atoms with E-state index in [1.54, 1.807) is 43.3 Å². The molecule has 55 heavy (non-hydrogen) atoms. The summed E-state index contributed by atoms with van der Waals surface area (Å²) in [6.45, 7) is 4.03. The van der Waals surface area contributed by atoms with Crippen molar-refractivity contribution in [3.05, 3.63) is 83.4 Å². The van der Waals surface area contributed by atoms with Crippen LogP contribution in [0, 0.1) is 0 Å². The molecule has 1 fully saturated rings. The lowest BCUT2D eigenvalue weighted by Gasteiger charge is -2.27. The molecule has 0 unspecified atom stereocenters. The molecule has 4 bridgehead atoms. The molecular formula is C41H52N6O8. The highest BCUT2D eigenvalue weighted by atomic mass is 16.5. The van der Waals surface area contributed by atoms with Crippen molar-refractivity contribution < 1.29 is 38.2 Å². The number of hydrogen-bond donors (Lipinski definition) is 5. The molecule has 294 valence electrons. The van der Waals surface area contributed by atoms with Gasteiger partial charge in [-0.1, -0.05) is 30.3 Å². The van der Waals surface area contributed by atoms with E-state index in [4.69, 9.17) is 14.2 Å². The Labute approximate surface area is 322 Å². The van der Waals surface area contributed by atoms with Crippen LogP contribution in [0.3, 0.4) is 0 Å². The second kappa shape index (κ2) is 19.6. The number of fused-ring (bicyclic) bond motifs is 18. The summed E-state index contributed by atoms with van der Waals surface area (Å²) < 4.78 is 17.2. The maximum absolute atomic E-state index is 13.7. The summed E-state index contributed by atoms with van der Waals surface area (Å²) in [6.07, 6.45) is 3.31. The highest BCUT2D eigenvalue weighted by Gasteiger charge is 2.32. The van der Waals surface area contributed by atoms with Gasteiger partial charge in [-0.05, 0) is 88.3 Å². The molecule has 3 aliphatic rings. The summed E-state index contributed by atoms with van der Waals surface area (Å²) in [7, 11) is 3.01. The van der Waals surface area contributed by atoms with E-state index in [2.05, 4.69) is 26.6 Å². The van der Waals surface area contributed by atoms with Crippen LogP contribution in [0.15, 0.2) is 66.7 Å². The van der Waals surface area contributed by atoms with Crippen molar-refractivity contribution in [3.63, 3.8) is 0 Å². The molecule has 6 rings (SSSR count). The third kappa shape index (κ3) is 11.4. The van der Waals surface area contributed by atoms with Crippen LogP contribution in [0.1, 0.15) is 67.4 Å². The van der Waals surface area contributed by atoms with Gasteiger partial charge >= 0.3 is 0 Å². The fourth-order valence-electron chi connectivity index (χ4n) is 6.65. The molecule has 3 aromatic carbocycles. The largest absolute Gasteiger partial charge is 0.496 e. The van der Waals surface area contributed by atoms with Crippen molar-refractivity contribution in [1.29, 1.82) is 0 Å². The van der Waals surface area contributed by atoms with Gasteiger partial charge in [0.1, 0.15) is 23.6 Å². The summed E-state index contributed by atoms with van der Waals surface area (Å²) in [6, 6.07) is 17.4. The number of amides is 5. The summed E-state index contributed by atoms with van der Waals surface area (Å²) in [4.78, 5) is 69.0. The minimum atomic E-state index is -0.974. The topological polar surface area (TPSA) is 176 Å². The lowest BCUT2D eigenvalue weighted by Crippen LogP contribution is -2.55. The Balaban J connectivity index is 1.39. The monoisotopic (exact) mass is 756 g/mol. The van der Waals surface area contributed by atoms with Gasteiger partial charge in [-0.25, -0.2) is 0 Å². The zero-order valence-electron chi connectivity index (χ0n) is 31.9. The standard InChI is InChI=1S/C41H52N6O8/c1-26-12-17-33(44-26)41(52)47-21-9-8-20-42-39(50)29-15-19-34(53-3)36(22-29)55-31-16-14-30(35(23-31)54-4)24-43-38(49)27(2)45-40(51)32(46-37(48)25-47)18-13-28-10-6-5-7-11-28/h5-7,10-11,14-16,19,22-23,26-27,32-33,44H,8-9,12-13,17-18,20-21,24-25H2,1-4H3,(H,42,50)(H,43,49)(H,45,51)(H,46,48)/t26-,27-,32-,33-/m0/s1. The minimum Gasteiger partial charge on any atom is -0.496 e. The van der Waals surface area contributed by atoms with Gasteiger partial charge in [0.2, 0.25) is 23.6 Å². The van der Waals surface area contributed by atoms with Crippen LogP contribution < -0.4 is 40.8 Å². The molecule has 5 amide bonds. The van der Waals surface area contributed by atoms with E-state index in [0.29, 0.717) is 66.4 Å². The van der Waals surface area contributed by atoms with E-state index in [9.17, 15) is 24.0 Å². The lowest BCUT2D eigenvalue weighted by molar-refractivity contribution is -0.138.